The molecule has 6 heteroatoms. The number of nitrogens with two attached hydrogens (primary N) is 1. The first kappa shape index (κ1) is 24.6. The number of amidine groups is 1. The third-order valence-electron chi connectivity index (χ3n) is 3.53. The number of aliphatic imine (C=N–C) groups is 1. The molecule has 0 atom stereocenters. The van der Waals surface area contributed by atoms with Crippen molar-refractivity contribution in [3.63, 3.8) is 0 Å². The Balaban J connectivity index is 3.52. The summed E-state index contributed by atoms with van der Waals surface area (Å²) in [5.74, 6) is 2.84. The summed E-state index contributed by atoms with van der Waals surface area (Å²) in [6.07, 6.45) is 4.58. The van der Waals surface area contributed by atoms with Crippen molar-refractivity contribution in [2.24, 2.45) is 21.6 Å². The molecule has 0 saturated carbocycles. The number of nitrogens with zero attached hydrogens (tertiary/aromatic N) is 1. The molecule has 25 heavy (non-hydrogen) atoms. The Morgan fingerprint density at radius 1 is 0.960 bits per heavy atom. The van der Waals surface area contributed by atoms with E-state index in [1.54, 1.807) is 10.8 Å². The second-order valence-electron chi connectivity index (χ2n) is 8.84. The molecule has 0 aromatic carbocycles. The van der Waals surface area contributed by atoms with E-state index < -0.39 is 0 Å². The number of carbonyl (C=O) groups is 1. The minimum atomic E-state index is 0.160. The predicted octanol–water partition coefficient (Wildman–Crippen LogP) is 4.88. The van der Waals surface area contributed by atoms with Crippen LogP contribution in [-0.2, 0) is 4.79 Å². The highest BCUT2D eigenvalue weighted by Crippen LogP contribution is 2.23. The van der Waals surface area contributed by atoms with Crippen LogP contribution in [-0.4, -0.2) is 36.3 Å². The van der Waals surface area contributed by atoms with Crippen molar-refractivity contribution in [2.75, 3.05) is 24.6 Å². The summed E-state index contributed by atoms with van der Waals surface area (Å²) in [4.78, 5) is 16.1. The van der Waals surface area contributed by atoms with E-state index in [1.807, 2.05) is 10.8 Å². The molecule has 1 amide bonds. The first-order valence-electron chi connectivity index (χ1n) is 9.29. The van der Waals surface area contributed by atoms with Gasteiger partial charge in [-0.3, -0.25) is 9.79 Å². The standard InChI is InChI=1S/C19H39N3OS2/c1-18(2,3)10-12-21-16(20)8-7-14-24-25-15-9-17(23)22-13-11-19(4,5)6/h7-15H2,1-6H3,(H2,20,21)(H,22,23). The topological polar surface area (TPSA) is 67.5 Å². The number of rotatable bonds is 12. The van der Waals surface area contributed by atoms with Gasteiger partial charge in [0.15, 0.2) is 0 Å². The minimum absolute atomic E-state index is 0.160. The van der Waals surface area contributed by atoms with Crippen LogP contribution >= 0.6 is 21.6 Å². The fourth-order valence-electron chi connectivity index (χ4n) is 1.84. The van der Waals surface area contributed by atoms with Crippen LogP contribution in [0.25, 0.3) is 0 Å². The number of hydrogen-bond donors (Lipinski definition) is 2. The van der Waals surface area contributed by atoms with Crippen molar-refractivity contribution in [3.05, 3.63) is 0 Å². The molecule has 0 radical (unpaired) electrons. The lowest BCUT2D eigenvalue weighted by atomic mass is 9.92. The fourth-order valence-corrected chi connectivity index (χ4v) is 3.92. The summed E-state index contributed by atoms with van der Waals surface area (Å²) in [5.41, 5.74) is 6.53. The van der Waals surface area contributed by atoms with Crippen molar-refractivity contribution < 1.29 is 4.79 Å². The van der Waals surface area contributed by atoms with E-state index in [1.165, 1.54) is 0 Å². The maximum absolute atomic E-state index is 11.7. The van der Waals surface area contributed by atoms with E-state index >= 15 is 0 Å². The zero-order valence-corrected chi connectivity index (χ0v) is 18.7. The van der Waals surface area contributed by atoms with Gasteiger partial charge in [-0.15, -0.1) is 0 Å². The van der Waals surface area contributed by atoms with Gasteiger partial charge >= 0.3 is 0 Å². The van der Waals surface area contributed by atoms with Crippen LogP contribution in [0.3, 0.4) is 0 Å². The molecular formula is C19H39N3OS2. The van der Waals surface area contributed by atoms with Crippen LogP contribution in [0.5, 0.6) is 0 Å². The summed E-state index contributed by atoms with van der Waals surface area (Å²) in [7, 11) is 3.59. The molecule has 0 fully saturated rings. The van der Waals surface area contributed by atoms with Crippen LogP contribution < -0.4 is 11.1 Å². The molecule has 0 spiro atoms. The van der Waals surface area contributed by atoms with E-state index in [-0.39, 0.29) is 11.3 Å². The molecule has 0 aliphatic heterocycles. The maximum atomic E-state index is 11.7. The van der Waals surface area contributed by atoms with Crippen molar-refractivity contribution in [1.82, 2.24) is 5.32 Å². The van der Waals surface area contributed by atoms with Crippen molar-refractivity contribution in [3.8, 4) is 0 Å². The average Bonchev–Trinajstić information content (AvgIpc) is 2.43. The van der Waals surface area contributed by atoms with Crippen molar-refractivity contribution in [2.45, 2.75) is 73.6 Å². The first-order valence-corrected chi connectivity index (χ1v) is 11.8. The minimum Gasteiger partial charge on any atom is -0.387 e. The maximum Gasteiger partial charge on any atom is 0.220 e. The lowest BCUT2D eigenvalue weighted by Crippen LogP contribution is -2.27. The van der Waals surface area contributed by atoms with Gasteiger partial charge in [0.05, 0.1) is 5.84 Å². The Kier molecular flexibility index (Phi) is 12.7. The fraction of sp³-hybridized carbons (Fsp3) is 0.895. The monoisotopic (exact) mass is 389 g/mol. The van der Waals surface area contributed by atoms with E-state index in [4.69, 9.17) is 5.73 Å². The molecule has 0 aromatic rings. The molecule has 0 heterocycles. The van der Waals surface area contributed by atoms with E-state index in [0.29, 0.717) is 11.8 Å². The average molecular weight is 390 g/mol. The molecule has 4 nitrogen and oxygen atoms in total. The van der Waals surface area contributed by atoms with Gasteiger partial charge in [-0.1, -0.05) is 63.1 Å². The van der Waals surface area contributed by atoms with Crippen molar-refractivity contribution >= 4 is 33.3 Å². The SMILES string of the molecule is CC(C)(C)CCN=C(N)CCCSSCCC(=O)NCCC(C)(C)C. The Morgan fingerprint density at radius 3 is 2.16 bits per heavy atom. The molecule has 0 bridgehead atoms. The molecule has 0 saturated heterocycles. The number of nitrogens with one attached hydrogen (secondary N) is 1. The number of carbonyl (C=O) groups excluding carboxylic acids is 1. The van der Waals surface area contributed by atoms with Gasteiger partial charge in [0.1, 0.15) is 0 Å². The molecule has 0 aromatic heterocycles. The summed E-state index contributed by atoms with van der Waals surface area (Å²) in [6.45, 7) is 14.8. The molecule has 0 aliphatic carbocycles. The third-order valence-corrected chi connectivity index (χ3v) is 6.02. The summed E-state index contributed by atoms with van der Waals surface area (Å²) in [5, 5.41) is 2.99. The molecule has 0 unspecified atom stereocenters. The predicted molar refractivity (Wildman–Crippen MR) is 116 cm³/mol. The van der Waals surface area contributed by atoms with E-state index in [9.17, 15) is 4.79 Å². The Labute approximate surface area is 163 Å². The van der Waals surface area contributed by atoms with Gasteiger partial charge in [-0.05, 0) is 30.1 Å². The highest BCUT2D eigenvalue weighted by molar-refractivity contribution is 8.76. The smallest absolute Gasteiger partial charge is 0.220 e. The Morgan fingerprint density at radius 2 is 1.56 bits per heavy atom. The first-order chi connectivity index (χ1) is 11.5. The summed E-state index contributed by atoms with van der Waals surface area (Å²) < 4.78 is 0. The quantitative estimate of drug-likeness (QED) is 0.216. The van der Waals surface area contributed by atoms with E-state index in [2.05, 4.69) is 51.9 Å². The molecule has 3 N–H and O–H groups in total. The van der Waals surface area contributed by atoms with Gasteiger partial charge in [-0.25, -0.2) is 0 Å². The van der Waals surface area contributed by atoms with Gasteiger partial charge in [0, 0.05) is 37.4 Å². The van der Waals surface area contributed by atoms with Crippen LogP contribution in [0.1, 0.15) is 73.6 Å². The number of amides is 1. The zero-order chi connectivity index (χ0) is 19.3. The Hall–Kier alpha value is -0.360. The zero-order valence-electron chi connectivity index (χ0n) is 17.1. The molecule has 0 aliphatic rings. The lowest BCUT2D eigenvalue weighted by molar-refractivity contribution is -0.120. The molecule has 0 rings (SSSR count). The van der Waals surface area contributed by atoms with E-state index in [0.717, 1.165) is 56.1 Å². The van der Waals surface area contributed by atoms with Crippen LogP contribution in [0.4, 0.5) is 0 Å². The Bertz CT molecular complexity index is 398. The number of hydrogen-bond acceptors (Lipinski definition) is 4. The van der Waals surface area contributed by atoms with Crippen LogP contribution in [0.2, 0.25) is 0 Å². The summed E-state index contributed by atoms with van der Waals surface area (Å²) >= 11 is 0. The van der Waals surface area contributed by atoms with Gasteiger partial charge in [-0.2, -0.15) is 0 Å². The lowest BCUT2D eigenvalue weighted by Gasteiger charge is -2.17. The van der Waals surface area contributed by atoms with Gasteiger partial charge < -0.3 is 11.1 Å². The second-order valence-corrected chi connectivity index (χ2v) is 11.5. The summed E-state index contributed by atoms with van der Waals surface area (Å²) in [6, 6.07) is 0. The molecule has 148 valence electrons. The largest absolute Gasteiger partial charge is 0.387 e. The second kappa shape index (κ2) is 12.9. The van der Waals surface area contributed by atoms with Crippen LogP contribution in [0, 0.1) is 10.8 Å². The van der Waals surface area contributed by atoms with Crippen LogP contribution in [0.15, 0.2) is 4.99 Å². The highest BCUT2D eigenvalue weighted by Gasteiger charge is 2.10. The highest BCUT2D eigenvalue weighted by atomic mass is 33.1. The van der Waals surface area contributed by atoms with Gasteiger partial charge in [0.2, 0.25) is 5.91 Å². The molecular weight excluding hydrogens is 350 g/mol. The third kappa shape index (κ3) is 19.8. The normalized spacial score (nSPS) is 13.1. The van der Waals surface area contributed by atoms with Crippen molar-refractivity contribution in [1.29, 1.82) is 0 Å². The van der Waals surface area contributed by atoms with Gasteiger partial charge in [0.25, 0.3) is 0 Å².